The van der Waals surface area contributed by atoms with Crippen molar-refractivity contribution in [1.82, 2.24) is 30.7 Å². The minimum Gasteiger partial charge on any atom is -0.487 e. The van der Waals surface area contributed by atoms with Crippen molar-refractivity contribution >= 4 is 17.4 Å². The van der Waals surface area contributed by atoms with Gasteiger partial charge in [-0.25, -0.2) is 10.1 Å². The summed E-state index contributed by atoms with van der Waals surface area (Å²) in [4.78, 5) is 12.9. The quantitative estimate of drug-likeness (QED) is 0.305. The van der Waals surface area contributed by atoms with Crippen LogP contribution in [0.15, 0.2) is 58.3 Å². The fourth-order valence-corrected chi connectivity index (χ4v) is 3.16. The molecule has 1 amide bonds. The summed E-state index contributed by atoms with van der Waals surface area (Å²) in [6, 6.07) is 14.4. The van der Waals surface area contributed by atoms with Crippen LogP contribution in [0.2, 0.25) is 0 Å². The number of hydrogen-bond acceptors (Lipinski definition) is 11. The Kier molecular flexibility index (Phi) is 5.48. The third kappa shape index (κ3) is 4.09. The number of ether oxygens (including phenoxy) is 3. The van der Waals surface area contributed by atoms with Crippen molar-refractivity contribution in [3.05, 3.63) is 65.5 Å². The first-order valence-corrected chi connectivity index (χ1v) is 10.1. The number of nitrogens with two attached hydrogens (primary N) is 1. The monoisotopic (exact) mass is 462 g/mol. The van der Waals surface area contributed by atoms with Gasteiger partial charge in [0.15, 0.2) is 17.2 Å². The lowest BCUT2D eigenvalue weighted by atomic mass is 10.1. The van der Waals surface area contributed by atoms with Gasteiger partial charge in [0.1, 0.15) is 18.1 Å². The summed E-state index contributed by atoms with van der Waals surface area (Å²) < 4.78 is 22.4. The molecule has 2 aromatic carbocycles. The zero-order valence-corrected chi connectivity index (χ0v) is 17.8. The summed E-state index contributed by atoms with van der Waals surface area (Å²) >= 11 is 0. The van der Waals surface area contributed by atoms with Crippen molar-refractivity contribution in [2.45, 2.75) is 13.5 Å². The maximum absolute atomic E-state index is 12.9. The number of aromatic nitrogens is 5. The van der Waals surface area contributed by atoms with E-state index in [0.29, 0.717) is 23.0 Å². The van der Waals surface area contributed by atoms with Gasteiger partial charge in [0.05, 0.1) is 5.71 Å². The lowest BCUT2D eigenvalue weighted by Gasteiger charge is -2.08. The van der Waals surface area contributed by atoms with Gasteiger partial charge in [-0.3, -0.25) is 4.79 Å². The van der Waals surface area contributed by atoms with Crippen LogP contribution in [0.4, 0.5) is 5.82 Å². The van der Waals surface area contributed by atoms with Gasteiger partial charge in [0.2, 0.25) is 18.4 Å². The Morgan fingerprint density at radius 2 is 2.00 bits per heavy atom. The second kappa shape index (κ2) is 8.90. The van der Waals surface area contributed by atoms with Crippen LogP contribution in [0.5, 0.6) is 17.2 Å². The Labute approximate surface area is 192 Å². The molecule has 5 rings (SSSR count). The number of carbonyl (C=O) groups is 1. The third-order valence-electron chi connectivity index (χ3n) is 4.91. The molecule has 1 aliphatic heterocycles. The van der Waals surface area contributed by atoms with Gasteiger partial charge in [0, 0.05) is 5.56 Å². The van der Waals surface area contributed by atoms with E-state index in [1.54, 1.807) is 31.2 Å². The smallest absolute Gasteiger partial charge is 0.293 e. The number of rotatable bonds is 7. The molecule has 3 heterocycles. The minimum atomic E-state index is -0.604. The molecule has 2 aromatic heterocycles. The maximum atomic E-state index is 12.9. The van der Waals surface area contributed by atoms with Crippen molar-refractivity contribution < 1.29 is 23.6 Å². The molecule has 0 bridgehead atoms. The molecule has 4 aromatic rings. The van der Waals surface area contributed by atoms with Crippen LogP contribution in [0.3, 0.4) is 0 Å². The maximum Gasteiger partial charge on any atom is 0.293 e. The summed E-state index contributed by atoms with van der Waals surface area (Å²) in [7, 11) is 0. The molecule has 0 aliphatic carbocycles. The Bertz CT molecular complexity index is 1360. The fourth-order valence-electron chi connectivity index (χ4n) is 3.16. The highest BCUT2D eigenvalue weighted by Gasteiger charge is 2.24. The van der Waals surface area contributed by atoms with Crippen LogP contribution in [0, 0.1) is 0 Å². The number of nitrogen functional groups attached to an aromatic ring is 1. The number of para-hydroxylation sites is 1. The van der Waals surface area contributed by atoms with E-state index in [-0.39, 0.29) is 36.4 Å². The molecule has 0 fully saturated rings. The van der Waals surface area contributed by atoms with Crippen LogP contribution in [-0.4, -0.2) is 43.7 Å². The predicted octanol–water partition coefficient (Wildman–Crippen LogP) is 1.69. The van der Waals surface area contributed by atoms with Gasteiger partial charge in [-0.15, -0.1) is 5.10 Å². The molecule has 13 nitrogen and oxygen atoms in total. The highest BCUT2D eigenvalue weighted by atomic mass is 16.7. The standard InChI is InChI=1S/C21H18N8O5/c1-12(13-7-8-16-17(9-13)33-11-32-16)23-25-21(30)18-15(10-31-14-5-3-2-4-6-14)29(28-24-18)20-19(22)26-34-27-20/h2-9H,10-11H2,1H3,(H2,22,26)(H,25,30). The largest absolute Gasteiger partial charge is 0.487 e. The van der Waals surface area contributed by atoms with E-state index in [0.717, 1.165) is 5.56 Å². The summed E-state index contributed by atoms with van der Waals surface area (Å²) in [6.07, 6.45) is 0. The molecule has 34 heavy (non-hydrogen) atoms. The summed E-state index contributed by atoms with van der Waals surface area (Å²) in [5.74, 6) is 1.31. The molecule has 0 saturated heterocycles. The molecule has 0 unspecified atom stereocenters. The average molecular weight is 462 g/mol. The van der Waals surface area contributed by atoms with Gasteiger partial charge in [-0.05, 0) is 47.6 Å². The summed E-state index contributed by atoms with van der Waals surface area (Å²) in [5, 5.41) is 19.4. The number of nitrogens with zero attached hydrogens (tertiary/aromatic N) is 6. The summed E-state index contributed by atoms with van der Waals surface area (Å²) in [5.41, 5.74) is 9.84. The van der Waals surface area contributed by atoms with Crippen LogP contribution >= 0.6 is 0 Å². The first-order chi connectivity index (χ1) is 16.6. The molecular weight excluding hydrogens is 444 g/mol. The third-order valence-corrected chi connectivity index (χ3v) is 4.91. The zero-order valence-electron chi connectivity index (χ0n) is 17.8. The molecule has 13 heteroatoms. The average Bonchev–Trinajstić information content (AvgIpc) is 3.60. The molecule has 0 saturated carbocycles. The van der Waals surface area contributed by atoms with E-state index < -0.39 is 5.91 Å². The first kappa shape index (κ1) is 20.9. The zero-order chi connectivity index (χ0) is 23.5. The van der Waals surface area contributed by atoms with Gasteiger partial charge >= 0.3 is 0 Å². The topological polar surface area (TPSA) is 165 Å². The van der Waals surface area contributed by atoms with E-state index >= 15 is 0 Å². The number of hydrazone groups is 1. The molecule has 1 aliphatic rings. The number of benzene rings is 2. The predicted molar refractivity (Wildman–Crippen MR) is 117 cm³/mol. The van der Waals surface area contributed by atoms with E-state index in [1.807, 2.05) is 24.3 Å². The van der Waals surface area contributed by atoms with Gasteiger partial charge in [-0.1, -0.05) is 23.4 Å². The lowest BCUT2D eigenvalue weighted by molar-refractivity contribution is 0.0947. The van der Waals surface area contributed by atoms with Crippen LogP contribution < -0.4 is 25.4 Å². The van der Waals surface area contributed by atoms with Crippen LogP contribution in [-0.2, 0) is 6.61 Å². The van der Waals surface area contributed by atoms with E-state index in [4.69, 9.17) is 19.9 Å². The molecular formula is C21H18N8O5. The number of anilines is 1. The van der Waals surface area contributed by atoms with E-state index in [9.17, 15) is 4.79 Å². The van der Waals surface area contributed by atoms with Crippen molar-refractivity contribution in [3.63, 3.8) is 0 Å². The normalized spacial score (nSPS) is 12.6. The van der Waals surface area contributed by atoms with Crippen molar-refractivity contribution in [2.24, 2.45) is 5.10 Å². The highest BCUT2D eigenvalue weighted by molar-refractivity contribution is 6.01. The number of amides is 1. The Morgan fingerprint density at radius 1 is 1.18 bits per heavy atom. The van der Waals surface area contributed by atoms with Crippen molar-refractivity contribution in [2.75, 3.05) is 12.5 Å². The van der Waals surface area contributed by atoms with Crippen molar-refractivity contribution in [3.8, 4) is 23.1 Å². The van der Waals surface area contributed by atoms with Gasteiger partial charge in [-0.2, -0.15) is 9.78 Å². The van der Waals surface area contributed by atoms with E-state index in [1.165, 1.54) is 4.68 Å². The Balaban J connectivity index is 1.39. The highest BCUT2D eigenvalue weighted by Crippen LogP contribution is 2.32. The SMILES string of the molecule is CC(=NNC(=O)c1nnn(-c2nonc2N)c1COc1ccccc1)c1ccc2c(c1)OCO2. The van der Waals surface area contributed by atoms with Crippen LogP contribution in [0.1, 0.15) is 28.7 Å². The first-order valence-electron chi connectivity index (χ1n) is 10.1. The summed E-state index contributed by atoms with van der Waals surface area (Å²) in [6.45, 7) is 1.85. The number of nitrogens with one attached hydrogen (secondary N) is 1. The van der Waals surface area contributed by atoms with Gasteiger partial charge < -0.3 is 19.9 Å². The number of fused-ring (bicyclic) bond motifs is 1. The van der Waals surface area contributed by atoms with Gasteiger partial charge in [0.25, 0.3) is 5.91 Å². The van der Waals surface area contributed by atoms with Crippen molar-refractivity contribution in [1.29, 1.82) is 0 Å². The second-order valence-corrected chi connectivity index (χ2v) is 7.08. The van der Waals surface area contributed by atoms with Crippen LogP contribution in [0.25, 0.3) is 5.82 Å². The second-order valence-electron chi connectivity index (χ2n) is 7.08. The Morgan fingerprint density at radius 3 is 2.79 bits per heavy atom. The minimum absolute atomic E-state index is 0.0190. The molecule has 172 valence electrons. The molecule has 0 spiro atoms. The Hall–Kier alpha value is -4.94. The fraction of sp³-hybridized carbons (Fsp3) is 0.143. The lowest BCUT2D eigenvalue weighted by Crippen LogP contribution is -2.22. The number of hydrogen-bond donors (Lipinski definition) is 2. The van der Waals surface area contributed by atoms with E-state index in [2.05, 4.69) is 35.8 Å². The molecule has 0 radical (unpaired) electrons. The molecule has 3 N–H and O–H groups in total. The number of carbonyl (C=O) groups excluding carboxylic acids is 1. The molecule has 0 atom stereocenters.